The van der Waals surface area contributed by atoms with Crippen LogP contribution in [0.15, 0.2) is 35.1 Å². The number of carbonyl (C=O) groups excluding carboxylic acids is 1. The maximum absolute atomic E-state index is 13.9. The number of hydrogen-bond donors (Lipinski definition) is 3. The van der Waals surface area contributed by atoms with Gasteiger partial charge < -0.3 is 26.3 Å². The molecule has 1 heterocycles. The summed E-state index contributed by atoms with van der Waals surface area (Å²) in [6.45, 7) is 1.91. The highest BCUT2D eigenvalue weighted by Crippen LogP contribution is 2.29. The van der Waals surface area contributed by atoms with Crippen LogP contribution in [0.1, 0.15) is 34.6 Å². The van der Waals surface area contributed by atoms with Crippen molar-refractivity contribution >= 4 is 23.1 Å². The molecule has 0 aliphatic carbocycles. The Balaban J connectivity index is 2.52. The van der Waals surface area contributed by atoms with Crippen molar-refractivity contribution < 1.29 is 18.7 Å². The van der Waals surface area contributed by atoms with E-state index in [1.165, 1.54) is 19.4 Å². The van der Waals surface area contributed by atoms with E-state index >= 15 is 0 Å². The van der Waals surface area contributed by atoms with Crippen LogP contribution in [-0.4, -0.2) is 49.4 Å². The normalized spacial score (nSPS) is 13.1. The largest absolute Gasteiger partial charge is 0.467 e. The smallest absolute Gasteiger partial charge is 0.338 e. The number of esters is 1. The minimum Gasteiger partial charge on any atom is -0.467 e. The van der Waals surface area contributed by atoms with E-state index in [1.807, 2.05) is 6.07 Å². The van der Waals surface area contributed by atoms with E-state index < -0.39 is 17.9 Å². The molecule has 0 saturated carbocycles. The number of aromatic nitrogens is 2. The predicted octanol–water partition coefficient (Wildman–Crippen LogP) is 1.61. The first-order chi connectivity index (χ1) is 15.3. The van der Waals surface area contributed by atoms with Crippen LogP contribution in [0.3, 0.4) is 0 Å². The van der Waals surface area contributed by atoms with Crippen LogP contribution >= 0.6 is 0 Å². The average molecular weight is 441 g/mol. The molecular formula is C21H24FN7O3. The van der Waals surface area contributed by atoms with Crippen LogP contribution in [-0.2, 0) is 4.74 Å². The minimum atomic E-state index is -0.844. The molecule has 0 radical (unpaired) electrons. The van der Waals surface area contributed by atoms with Gasteiger partial charge in [0.05, 0.1) is 35.8 Å². The molecule has 0 aliphatic rings. The molecule has 2 aromatic rings. The van der Waals surface area contributed by atoms with Crippen molar-refractivity contribution in [2.24, 2.45) is 10.7 Å². The van der Waals surface area contributed by atoms with Crippen LogP contribution in [0.25, 0.3) is 5.57 Å². The molecule has 1 atom stereocenters. The summed E-state index contributed by atoms with van der Waals surface area (Å²) >= 11 is 0. The van der Waals surface area contributed by atoms with E-state index in [4.69, 9.17) is 20.9 Å². The second-order valence-corrected chi connectivity index (χ2v) is 6.53. The van der Waals surface area contributed by atoms with Crippen molar-refractivity contribution in [1.82, 2.24) is 15.3 Å². The van der Waals surface area contributed by atoms with Crippen LogP contribution in [0, 0.1) is 17.1 Å². The quantitative estimate of drug-likeness (QED) is 0.314. The summed E-state index contributed by atoms with van der Waals surface area (Å²) in [7, 11) is 4.49. The molecule has 32 heavy (non-hydrogen) atoms. The number of aliphatic imine (C=N–C) groups is 1. The number of halogens is 1. The zero-order chi connectivity index (χ0) is 23.8. The molecule has 1 aromatic carbocycles. The first-order valence-electron chi connectivity index (χ1n) is 9.45. The van der Waals surface area contributed by atoms with E-state index in [9.17, 15) is 14.4 Å². The molecule has 1 unspecified atom stereocenters. The molecule has 0 bridgehead atoms. The van der Waals surface area contributed by atoms with Crippen molar-refractivity contribution in [2.75, 3.05) is 33.5 Å². The number of nitriles is 1. The molecule has 0 fully saturated rings. The van der Waals surface area contributed by atoms with Gasteiger partial charge in [-0.05, 0) is 32.2 Å². The SMILES string of the molecule is CN=C(CNC)/C(=C(\N)C#N)c1cnc(N)c(OC(C)c2cc(F)ccc2C(=O)OC)n1. The number of nitrogens with zero attached hydrogens (tertiary/aromatic N) is 4. The monoisotopic (exact) mass is 441 g/mol. The van der Waals surface area contributed by atoms with Crippen LogP contribution in [0.4, 0.5) is 10.2 Å². The van der Waals surface area contributed by atoms with E-state index in [1.54, 1.807) is 21.0 Å². The Morgan fingerprint density at radius 2 is 2.16 bits per heavy atom. The van der Waals surface area contributed by atoms with Crippen LogP contribution in [0.2, 0.25) is 0 Å². The summed E-state index contributed by atoms with van der Waals surface area (Å²) < 4.78 is 24.4. The number of hydrogen-bond acceptors (Lipinski definition) is 10. The van der Waals surface area contributed by atoms with Gasteiger partial charge in [0.15, 0.2) is 5.82 Å². The Kier molecular flexibility index (Phi) is 8.20. The van der Waals surface area contributed by atoms with Crippen LogP contribution in [0.5, 0.6) is 5.88 Å². The number of nitrogen functional groups attached to an aromatic ring is 1. The fraction of sp³-hybridized carbons (Fsp3) is 0.286. The third-order valence-corrected chi connectivity index (χ3v) is 4.46. The number of carbonyl (C=O) groups is 1. The van der Waals surface area contributed by atoms with Gasteiger partial charge in [-0.25, -0.2) is 19.2 Å². The summed E-state index contributed by atoms with van der Waals surface area (Å²) in [5.74, 6) is -1.33. The van der Waals surface area contributed by atoms with Crippen molar-refractivity contribution in [3.63, 3.8) is 0 Å². The zero-order valence-electron chi connectivity index (χ0n) is 18.1. The number of benzene rings is 1. The van der Waals surface area contributed by atoms with Crippen molar-refractivity contribution in [2.45, 2.75) is 13.0 Å². The topological polar surface area (TPSA) is 162 Å². The van der Waals surface area contributed by atoms with Gasteiger partial charge in [0.1, 0.15) is 23.7 Å². The van der Waals surface area contributed by atoms with E-state index in [2.05, 4.69) is 20.3 Å². The lowest BCUT2D eigenvalue weighted by Crippen LogP contribution is -2.23. The molecule has 2 rings (SSSR count). The fourth-order valence-electron chi connectivity index (χ4n) is 2.93. The third kappa shape index (κ3) is 5.35. The molecular weight excluding hydrogens is 417 g/mol. The van der Waals surface area contributed by atoms with Gasteiger partial charge in [0.2, 0.25) is 0 Å². The molecule has 5 N–H and O–H groups in total. The average Bonchev–Trinajstić information content (AvgIpc) is 2.79. The number of methoxy groups -OCH3 is 1. The number of allylic oxidation sites excluding steroid dienone is 1. The van der Waals surface area contributed by atoms with Crippen molar-refractivity contribution in [1.29, 1.82) is 5.26 Å². The zero-order valence-corrected chi connectivity index (χ0v) is 18.1. The lowest BCUT2D eigenvalue weighted by Gasteiger charge is -2.19. The molecule has 0 saturated heterocycles. The van der Waals surface area contributed by atoms with Gasteiger partial charge >= 0.3 is 5.97 Å². The van der Waals surface area contributed by atoms with Gasteiger partial charge in [0.25, 0.3) is 5.88 Å². The molecule has 168 valence electrons. The molecule has 11 heteroatoms. The Labute approximate surface area is 184 Å². The van der Waals surface area contributed by atoms with Gasteiger partial charge in [-0.1, -0.05) is 0 Å². The Hall–Kier alpha value is -4.04. The lowest BCUT2D eigenvalue weighted by molar-refractivity contribution is 0.0595. The maximum atomic E-state index is 13.9. The van der Waals surface area contributed by atoms with E-state index in [-0.39, 0.29) is 39.8 Å². The highest BCUT2D eigenvalue weighted by atomic mass is 19.1. The van der Waals surface area contributed by atoms with Gasteiger partial charge in [-0.2, -0.15) is 5.26 Å². The van der Waals surface area contributed by atoms with Gasteiger partial charge in [0, 0.05) is 19.2 Å². The highest BCUT2D eigenvalue weighted by molar-refractivity contribution is 6.25. The fourth-order valence-corrected chi connectivity index (χ4v) is 2.93. The molecule has 0 amide bonds. The number of rotatable bonds is 8. The van der Waals surface area contributed by atoms with Crippen molar-refractivity contribution in [3.05, 3.63) is 52.7 Å². The van der Waals surface area contributed by atoms with Crippen molar-refractivity contribution in [3.8, 4) is 11.9 Å². The maximum Gasteiger partial charge on any atom is 0.338 e. The van der Waals surface area contributed by atoms with Gasteiger partial charge in [-0.15, -0.1) is 0 Å². The summed E-state index contributed by atoms with van der Waals surface area (Å²) in [5.41, 5.74) is 13.0. The molecule has 1 aromatic heterocycles. The third-order valence-electron chi connectivity index (χ3n) is 4.46. The number of nitrogens with one attached hydrogen (secondary N) is 1. The Bertz CT molecular complexity index is 1110. The number of nitrogens with two attached hydrogens (primary N) is 2. The molecule has 10 nitrogen and oxygen atoms in total. The number of ether oxygens (including phenoxy) is 2. The first-order valence-corrected chi connectivity index (χ1v) is 9.45. The van der Waals surface area contributed by atoms with E-state index in [0.29, 0.717) is 12.3 Å². The lowest BCUT2D eigenvalue weighted by atomic mass is 10.0. The number of anilines is 1. The second kappa shape index (κ2) is 10.8. The second-order valence-electron chi connectivity index (χ2n) is 6.53. The summed E-state index contributed by atoms with van der Waals surface area (Å²) in [4.78, 5) is 24.7. The standard InChI is InChI=1S/C21H24FN7O3/c1-11(14-7-12(22)5-6-13(14)21(30)31-4)32-20-19(25)28-10-17(29-20)18(15(24)8-23)16(27-3)9-26-2/h5-7,10-11,26H,9,24H2,1-4H3,(H2,25,28)/b18-15+,27-16?. The first kappa shape index (κ1) is 24.2. The summed E-state index contributed by atoms with van der Waals surface area (Å²) in [6, 6.07) is 5.50. The Morgan fingerprint density at radius 1 is 1.44 bits per heavy atom. The molecule has 0 spiro atoms. The molecule has 0 aliphatic heterocycles. The van der Waals surface area contributed by atoms with E-state index in [0.717, 1.165) is 12.1 Å². The summed E-state index contributed by atoms with van der Waals surface area (Å²) in [6.07, 6.45) is 0.499. The summed E-state index contributed by atoms with van der Waals surface area (Å²) in [5, 5.41) is 12.3. The van der Waals surface area contributed by atoms with Gasteiger partial charge in [-0.3, -0.25) is 4.99 Å². The van der Waals surface area contributed by atoms with Crippen LogP contribution < -0.4 is 21.5 Å². The minimum absolute atomic E-state index is 0.0462. The predicted molar refractivity (Wildman–Crippen MR) is 117 cm³/mol. The Morgan fingerprint density at radius 3 is 2.75 bits per heavy atom. The highest BCUT2D eigenvalue weighted by Gasteiger charge is 2.22.